The number of carbonyl (C=O) groups excluding carboxylic acids is 2. The molecule has 1 spiro atoms. The number of nitrogens with one attached hydrogen (secondary N) is 1. The number of aliphatic hydroxyl groups excluding tert-OH is 2. The third-order valence-corrected chi connectivity index (χ3v) is 5.92. The lowest BCUT2D eigenvalue weighted by Gasteiger charge is -2.53. The van der Waals surface area contributed by atoms with Crippen molar-refractivity contribution >= 4 is 11.8 Å². The quantitative estimate of drug-likeness (QED) is 0.653. The standard InChI is InChI=1S/C21H23F2N3O5/c1-25-10-21(5-2-6-31-11-21)26-9-14(17(27)18(28)16(26)20(25)30)19(29)24-8-12-3-4-13(22)7-15(12)23/h3-4,7,9,17,27-28H,2,5-6,8,10-11H2,1H3,(H,24,29). The maximum absolute atomic E-state index is 13.9. The minimum atomic E-state index is -1.72. The molecule has 2 saturated heterocycles. The summed E-state index contributed by atoms with van der Waals surface area (Å²) in [6.07, 6.45) is 1.02. The third-order valence-electron chi connectivity index (χ3n) is 5.92. The van der Waals surface area contributed by atoms with Gasteiger partial charge in [-0.15, -0.1) is 0 Å². The molecular formula is C21H23F2N3O5. The maximum atomic E-state index is 13.9. The molecule has 31 heavy (non-hydrogen) atoms. The Kier molecular flexibility index (Phi) is 5.44. The molecule has 3 aliphatic rings. The zero-order chi connectivity index (χ0) is 22.3. The van der Waals surface area contributed by atoms with E-state index in [-0.39, 0.29) is 30.0 Å². The van der Waals surface area contributed by atoms with E-state index in [4.69, 9.17) is 4.74 Å². The summed E-state index contributed by atoms with van der Waals surface area (Å²) in [4.78, 5) is 28.5. The predicted octanol–water partition coefficient (Wildman–Crippen LogP) is 0.932. The first-order valence-corrected chi connectivity index (χ1v) is 9.91. The van der Waals surface area contributed by atoms with Crippen molar-refractivity contribution in [2.75, 3.05) is 26.8 Å². The molecule has 0 radical (unpaired) electrons. The van der Waals surface area contributed by atoms with Crippen LogP contribution in [-0.4, -0.2) is 70.3 Å². The number of likely N-dealkylation sites (N-methyl/N-ethyl adjacent to an activating group) is 1. The molecule has 4 rings (SSSR count). The van der Waals surface area contributed by atoms with Gasteiger partial charge in [0.15, 0.2) is 5.76 Å². The Bertz CT molecular complexity index is 987. The zero-order valence-electron chi connectivity index (χ0n) is 16.9. The summed E-state index contributed by atoms with van der Waals surface area (Å²) in [7, 11) is 1.60. The van der Waals surface area contributed by atoms with E-state index in [2.05, 4.69) is 5.32 Å². The highest BCUT2D eigenvalue weighted by Gasteiger charge is 2.51. The first kappa shape index (κ1) is 21.3. The van der Waals surface area contributed by atoms with Crippen LogP contribution < -0.4 is 5.32 Å². The lowest BCUT2D eigenvalue weighted by molar-refractivity contribution is -0.140. The minimum Gasteiger partial charge on any atom is -0.507 e. The van der Waals surface area contributed by atoms with Crippen LogP contribution in [0, 0.1) is 11.6 Å². The summed E-state index contributed by atoms with van der Waals surface area (Å²) in [5.41, 5.74) is -0.897. The molecule has 0 saturated carbocycles. The number of hydrogen-bond acceptors (Lipinski definition) is 6. The van der Waals surface area contributed by atoms with Gasteiger partial charge in [-0.05, 0) is 18.9 Å². The number of halogens is 2. The van der Waals surface area contributed by atoms with E-state index in [1.165, 1.54) is 22.1 Å². The van der Waals surface area contributed by atoms with Crippen LogP contribution in [0.3, 0.4) is 0 Å². The van der Waals surface area contributed by atoms with E-state index in [0.717, 1.165) is 12.5 Å². The van der Waals surface area contributed by atoms with Crippen LogP contribution in [-0.2, 0) is 20.9 Å². The summed E-state index contributed by atoms with van der Waals surface area (Å²) in [6, 6.07) is 2.99. The Hall–Kier alpha value is -2.98. The number of piperazine rings is 1. The van der Waals surface area contributed by atoms with Crippen molar-refractivity contribution in [3.05, 3.63) is 58.6 Å². The number of ether oxygens (including phenoxy) is 1. The van der Waals surface area contributed by atoms with Gasteiger partial charge in [0, 0.05) is 44.6 Å². The van der Waals surface area contributed by atoms with Crippen molar-refractivity contribution in [2.45, 2.75) is 31.0 Å². The van der Waals surface area contributed by atoms with Crippen molar-refractivity contribution in [3.63, 3.8) is 0 Å². The van der Waals surface area contributed by atoms with Crippen LogP contribution in [0.25, 0.3) is 0 Å². The van der Waals surface area contributed by atoms with E-state index in [0.29, 0.717) is 25.6 Å². The molecule has 1 aromatic rings. The monoisotopic (exact) mass is 435 g/mol. The van der Waals surface area contributed by atoms with Crippen LogP contribution in [0.15, 0.2) is 41.4 Å². The molecule has 3 aliphatic heterocycles. The lowest BCUT2D eigenvalue weighted by Crippen LogP contribution is -2.65. The SMILES string of the molecule is CN1CC2(CCCOC2)N2C=C(C(=O)NCc3ccc(F)cc3F)C(O)C(O)=C2C1=O. The molecule has 2 atom stereocenters. The fourth-order valence-electron chi connectivity index (χ4n) is 4.31. The van der Waals surface area contributed by atoms with Gasteiger partial charge in [-0.25, -0.2) is 8.78 Å². The van der Waals surface area contributed by atoms with Crippen molar-refractivity contribution in [1.82, 2.24) is 15.1 Å². The predicted molar refractivity (Wildman–Crippen MR) is 104 cm³/mol. The maximum Gasteiger partial charge on any atom is 0.273 e. The fourth-order valence-corrected chi connectivity index (χ4v) is 4.31. The molecule has 3 heterocycles. The second kappa shape index (κ2) is 7.93. The van der Waals surface area contributed by atoms with Crippen LogP contribution in [0.4, 0.5) is 8.78 Å². The first-order chi connectivity index (χ1) is 14.7. The van der Waals surface area contributed by atoms with E-state index in [1.54, 1.807) is 7.05 Å². The number of fused-ring (bicyclic) bond motifs is 2. The molecule has 10 heteroatoms. The van der Waals surface area contributed by atoms with Crippen molar-refractivity contribution in [1.29, 1.82) is 0 Å². The van der Waals surface area contributed by atoms with E-state index < -0.39 is 40.9 Å². The summed E-state index contributed by atoms with van der Waals surface area (Å²) in [6.45, 7) is 0.929. The summed E-state index contributed by atoms with van der Waals surface area (Å²) in [5.74, 6) is -3.40. The molecule has 2 amide bonds. The second-order valence-corrected chi connectivity index (χ2v) is 8.05. The van der Waals surface area contributed by atoms with Gasteiger partial charge in [-0.2, -0.15) is 0 Å². The van der Waals surface area contributed by atoms with Gasteiger partial charge >= 0.3 is 0 Å². The van der Waals surface area contributed by atoms with Gasteiger partial charge in [-0.3, -0.25) is 9.59 Å². The molecule has 166 valence electrons. The summed E-state index contributed by atoms with van der Waals surface area (Å²) < 4.78 is 32.6. The molecule has 1 aromatic carbocycles. The number of benzene rings is 1. The van der Waals surface area contributed by atoms with E-state index >= 15 is 0 Å². The molecule has 0 aromatic heterocycles. The Balaban J connectivity index is 1.62. The number of rotatable bonds is 3. The van der Waals surface area contributed by atoms with Crippen LogP contribution in [0.5, 0.6) is 0 Å². The first-order valence-electron chi connectivity index (χ1n) is 9.91. The number of hydrogen-bond donors (Lipinski definition) is 3. The number of carbonyl (C=O) groups is 2. The van der Waals surface area contributed by atoms with E-state index in [1.807, 2.05) is 0 Å². The number of amides is 2. The van der Waals surface area contributed by atoms with Crippen molar-refractivity contribution in [3.8, 4) is 0 Å². The number of nitrogens with zero attached hydrogens (tertiary/aromatic N) is 2. The Morgan fingerprint density at radius 3 is 2.84 bits per heavy atom. The summed E-state index contributed by atoms with van der Waals surface area (Å²) >= 11 is 0. The highest BCUT2D eigenvalue weighted by molar-refractivity contribution is 5.99. The summed E-state index contributed by atoms with van der Waals surface area (Å²) in [5, 5.41) is 23.6. The zero-order valence-corrected chi connectivity index (χ0v) is 16.9. The van der Waals surface area contributed by atoms with Crippen LogP contribution in [0.2, 0.25) is 0 Å². The van der Waals surface area contributed by atoms with Gasteiger partial charge < -0.3 is 30.1 Å². The second-order valence-electron chi connectivity index (χ2n) is 8.05. The molecule has 0 aliphatic carbocycles. The molecule has 2 fully saturated rings. The van der Waals surface area contributed by atoms with Crippen molar-refractivity contribution < 1.29 is 33.3 Å². The molecule has 8 nitrogen and oxygen atoms in total. The van der Waals surface area contributed by atoms with Gasteiger partial charge in [-0.1, -0.05) is 6.07 Å². The fraction of sp³-hybridized carbons (Fsp3) is 0.429. The highest BCUT2D eigenvalue weighted by atomic mass is 19.1. The van der Waals surface area contributed by atoms with Crippen LogP contribution in [0.1, 0.15) is 18.4 Å². The smallest absolute Gasteiger partial charge is 0.273 e. The Morgan fingerprint density at radius 2 is 2.16 bits per heavy atom. The average Bonchev–Trinajstić information content (AvgIpc) is 2.74. The van der Waals surface area contributed by atoms with Gasteiger partial charge in [0.2, 0.25) is 0 Å². The van der Waals surface area contributed by atoms with Gasteiger partial charge in [0.05, 0.1) is 17.7 Å². The minimum absolute atomic E-state index is 0.0630. The number of aliphatic hydroxyl groups is 2. The lowest BCUT2D eigenvalue weighted by atomic mass is 9.84. The van der Waals surface area contributed by atoms with Gasteiger partial charge in [0.1, 0.15) is 23.4 Å². The molecule has 3 N–H and O–H groups in total. The molecular weight excluding hydrogens is 412 g/mol. The van der Waals surface area contributed by atoms with E-state index in [9.17, 15) is 28.6 Å². The average molecular weight is 435 g/mol. The van der Waals surface area contributed by atoms with Crippen LogP contribution >= 0.6 is 0 Å². The third kappa shape index (κ3) is 3.66. The van der Waals surface area contributed by atoms with Gasteiger partial charge in [0.25, 0.3) is 11.8 Å². The normalized spacial score (nSPS) is 26.1. The molecule has 2 unspecified atom stereocenters. The molecule has 0 bridgehead atoms. The largest absolute Gasteiger partial charge is 0.507 e. The highest BCUT2D eigenvalue weighted by Crippen LogP contribution is 2.40. The topological polar surface area (TPSA) is 102 Å². The Labute approximate surface area is 177 Å². The van der Waals surface area contributed by atoms with Crippen molar-refractivity contribution in [2.24, 2.45) is 0 Å². The Morgan fingerprint density at radius 1 is 1.39 bits per heavy atom.